The molecule has 0 fully saturated rings. The van der Waals surface area contributed by atoms with Crippen LogP contribution in [0.15, 0.2) is 29.2 Å². The molecule has 16 heavy (non-hydrogen) atoms. The lowest BCUT2D eigenvalue weighted by molar-refractivity contribution is 0.628. The first kappa shape index (κ1) is 10.5. The van der Waals surface area contributed by atoms with E-state index >= 15 is 0 Å². The van der Waals surface area contributed by atoms with Gasteiger partial charge < -0.3 is 4.98 Å². The smallest absolute Gasteiger partial charge is 0.305 e. The third-order valence-corrected chi connectivity index (χ3v) is 2.38. The van der Waals surface area contributed by atoms with E-state index in [1.165, 1.54) is 12.3 Å². The Labute approximate surface area is 92.0 Å². The third-order valence-electron chi connectivity index (χ3n) is 2.38. The van der Waals surface area contributed by atoms with Crippen LogP contribution in [0.2, 0.25) is 0 Å². The number of aromatic nitrogens is 2. The molecule has 0 aliphatic carbocycles. The van der Waals surface area contributed by atoms with Gasteiger partial charge in [-0.2, -0.15) is 0 Å². The summed E-state index contributed by atoms with van der Waals surface area (Å²) in [6.07, 6.45) is 1.37. The minimum atomic E-state index is -0.475. The van der Waals surface area contributed by atoms with Crippen LogP contribution in [0.5, 0.6) is 0 Å². The van der Waals surface area contributed by atoms with E-state index in [-0.39, 0.29) is 5.82 Å². The molecule has 0 spiro atoms. The van der Waals surface area contributed by atoms with Crippen molar-refractivity contribution in [2.75, 3.05) is 0 Å². The lowest BCUT2D eigenvalue weighted by Crippen LogP contribution is -2.10. The number of aromatic amines is 1. The zero-order valence-electron chi connectivity index (χ0n) is 9.04. The summed E-state index contributed by atoms with van der Waals surface area (Å²) in [5.41, 5.74) is 2.05. The average Bonchev–Trinajstić information content (AvgIpc) is 2.15. The Morgan fingerprint density at radius 1 is 1.31 bits per heavy atom. The van der Waals surface area contributed by atoms with Gasteiger partial charge in [0.25, 0.3) is 0 Å². The Balaban J connectivity index is 2.69. The highest BCUT2D eigenvalue weighted by atomic mass is 19.1. The third kappa shape index (κ3) is 1.86. The van der Waals surface area contributed by atoms with Gasteiger partial charge in [-0.1, -0.05) is 6.07 Å². The second-order valence-electron chi connectivity index (χ2n) is 3.73. The fourth-order valence-corrected chi connectivity index (χ4v) is 1.77. The summed E-state index contributed by atoms with van der Waals surface area (Å²) in [5.74, 6) is -0.334. The summed E-state index contributed by atoms with van der Waals surface area (Å²) in [7, 11) is 0. The van der Waals surface area contributed by atoms with Crippen molar-refractivity contribution < 1.29 is 4.39 Å². The maximum absolute atomic E-state index is 13.8. The quantitative estimate of drug-likeness (QED) is 0.797. The van der Waals surface area contributed by atoms with Crippen LogP contribution in [-0.4, -0.2) is 9.97 Å². The minimum Gasteiger partial charge on any atom is -0.305 e. The molecule has 0 bridgehead atoms. The molecule has 0 aliphatic rings. The van der Waals surface area contributed by atoms with Crippen LogP contribution < -0.4 is 5.69 Å². The van der Waals surface area contributed by atoms with E-state index in [9.17, 15) is 9.18 Å². The average molecular weight is 218 g/mol. The predicted octanol–water partition coefficient (Wildman–Crippen LogP) is 2.19. The molecule has 0 unspecified atom stereocenters. The molecule has 1 heterocycles. The first-order chi connectivity index (χ1) is 7.58. The number of benzene rings is 1. The van der Waals surface area contributed by atoms with Crippen LogP contribution in [0.1, 0.15) is 11.1 Å². The molecular weight excluding hydrogens is 207 g/mol. The summed E-state index contributed by atoms with van der Waals surface area (Å²) in [5, 5.41) is 0. The van der Waals surface area contributed by atoms with E-state index in [1.807, 2.05) is 19.9 Å². The monoisotopic (exact) mass is 218 g/mol. The molecule has 82 valence electrons. The van der Waals surface area contributed by atoms with Crippen LogP contribution in [-0.2, 0) is 0 Å². The number of hydrogen-bond donors (Lipinski definition) is 1. The molecule has 0 aliphatic heterocycles. The van der Waals surface area contributed by atoms with Gasteiger partial charge in [-0.25, -0.2) is 14.2 Å². The van der Waals surface area contributed by atoms with Crippen molar-refractivity contribution in [3.63, 3.8) is 0 Å². The molecule has 0 radical (unpaired) electrons. The Bertz CT molecular complexity index is 567. The van der Waals surface area contributed by atoms with Gasteiger partial charge in [0.05, 0.1) is 5.69 Å². The number of aryl methyl sites for hydroxylation is 2. The van der Waals surface area contributed by atoms with Crippen molar-refractivity contribution in [2.45, 2.75) is 13.8 Å². The lowest BCUT2D eigenvalue weighted by atomic mass is 10.0. The SMILES string of the molecule is Cc1cc(C)c(-c2ccnc(=O)[nH]2)c(F)c1. The number of halogens is 1. The maximum Gasteiger partial charge on any atom is 0.345 e. The van der Waals surface area contributed by atoms with E-state index < -0.39 is 5.69 Å². The fraction of sp³-hybridized carbons (Fsp3) is 0.167. The first-order valence-electron chi connectivity index (χ1n) is 4.90. The van der Waals surface area contributed by atoms with E-state index in [4.69, 9.17) is 0 Å². The van der Waals surface area contributed by atoms with Crippen molar-refractivity contribution in [2.24, 2.45) is 0 Å². The summed E-state index contributed by atoms with van der Waals surface area (Å²) in [4.78, 5) is 17.1. The molecule has 3 nitrogen and oxygen atoms in total. The van der Waals surface area contributed by atoms with Crippen LogP contribution >= 0.6 is 0 Å². The van der Waals surface area contributed by atoms with Crippen LogP contribution in [0.4, 0.5) is 4.39 Å². The van der Waals surface area contributed by atoms with Crippen molar-refractivity contribution in [1.29, 1.82) is 0 Å². The first-order valence-corrected chi connectivity index (χ1v) is 4.90. The minimum absolute atomic E-state index is 0.334. The largest absolute Gasteiger partial charge is 0.345 e. The zero-order chi connectivity index (χ0) is 11.7. The molecule has 1 aromatic heterocycles. The van der Waals surface area contributed by atoms with Crippen LogP contribution in [0, 0.1) is 19.7 Å². The molecule has 1 N–H and O–H groups in total. The van der Waals surface area contributed by atoms with Gasteiger partial charge >= 0.3 is 5.69 Å². The highest BCUT2D eigenvalue weighted by Gasteiger charge is 2.09. The number of H-pyrrole nitrogens is 1. The summed E-state index contributed by atoms with van der Waals surface area (Å²) >= 11 is 0. The number of nitrogens with one attached hydrogen (secondary N) is 1. The Morgan fingerprint density at radius 2 is 2.06 bits per heavy atom. The van der Waals surface area contributed by atoms with Gasteiger partial charge in [-0.05, 0) is 37.1 Å². The van der Waals surface area contributed by atoms with Crippen LogP contribution in [0.3, 0.4) is 0 Å². The molecule has 0 saturated heterocycles. The number of rotatable bonds is 1. The summed E-state index contributed by atoms with van der Waals surface area (Å²) in [6.45, 7) is 3.64. The summed E-state index contributed by atoms with van der Waals surface area (Å²) in [6, 6.07) is 4.90. The van der Waals surface area contributed by atoms with Gasteiger partial charge in [0.15, 0.2) is 0 Å². The van der Waals surface area contributed by atoms with Gasteiger partial charge in [-0.15, -0.1) is 0 Å². The summed E-state index contributed by atoms with van der Waals surface area (Å²) < 4.78 is 13.8. The Morgan fingerprint density at radius 3 is 2.69 bits per heavy atom. The maximum atomic E-state index is 13.8. The van der Waals surface area contributed by atoms with E-state index in [2.05, 4.69) is 9.97 Å². The molecule has 1 aromatic carbocycles. The predicted molar refractivity (Wildman–Crippen MR) is 59.7 cm³/mol. The molecule has 0 amide bonds. The van der Waals surface area contributed by atoms with Gasteiger partial charge in [-0.3, -0.25) is 0 Å². The van der Waals surface area contributed by atoms with E-state index in [0.29, 0.717) is 11.3 Å². The van der Waals surface area contributed by atoms with Crippen molar-refractivity contribution in [1.82, 2.24) is 9.97 Å². The molecule has 4 heteroatoms. The Hall–Kier alpha value is -1.97. The van der Waals surface area contributed by atoms with Gasteiger partial charge in [0.1, 0.15) is 5.82 Å². The standard InChI is InChI=1S/C12H11FN2O/c1-7-5-8(2)11(9(13)6-7)10-3-4-14-12(16)15-10/h3-6H,1-2H3,(H,14,15,16). The highest BCUT2D eigenvalue weighted by Crippen LogP contribution is 2.24. The second-order valence-corrected chi connectivity index (χ2v) is 3.73. The van der Waals surface area contributed by atoms with Crippen molar-refractivity contribution in [3.8, 4) is 11.3 Å². The topological polar surface area (TPSA) is 45.8 Å². The molecule has 2 aromatic rings. The molecule has 0 saturated carbocycles. The highest BCUT2D eigenvalue weighted by molar-refractivity contribution is 5.64. The van der Waals surface area contributed by atoms with Crippen molar-refractivity contribution in [3.05, 3.63) is 51.8 Å². The second kappa shape index (κ2) is 3.89. The van der Waals surface area contributed by atoms with E-state index in [0.717, 1.165) is 11.1 Å². The fourth-order valence-electron chi connectivity index (χ4n) is 1.77. The van der Waals surface area contributed by atoms with Crippen molar-refractivity contribution >= 4 is 0 Å². The zero-order valence-corrected chi connectivity index (χ0v) is 9.04. The van der Waals surface area contributed by atoms with Gasteiger partial charge in [0, 0.05) is 11.8 Å². The van der Waals surface area contributed by atoms with Gasteiger partial charge in [0.2, 0.25) is 0 Å². The van der Waals surface area contributed by atoms with E-state index in [1.54, 1.807) is 6.07 Å². The molecular formula is C12H11FN2O. The number of nitrogens with zero attached hydrogens (tertiary/aromatic N) is 1. The Kier molecular flexibility index (Phi) is 2.56. The molecule has 0 atom stereocenters. The number of hydrogen-bond acceptors (Lipinski definition) is 2. The normalized spacial score (nSPS) is 10.4. The van der Waals surface area contributed by atoms with Crippen LogP contribution in [0.25, 0.3) is 11.3 Å². The molecule has 2 rings (SSSR count). The lowest BCUT2D eigenvalue weighted by Gasteiger charge is -2.08.